The molecule has 0 aromatic carbocycles. The molecule has 0 aromatic heterocycles. The molecule has 1 unspecified atom stereocenters. The number of hydrogen-bond donors (Lipinski definition) is 2. The molecule has 0 bridgehead atoms. The van der Waals surface area contributed by atoms with Crippen LogP contribution in [0, 0.1) is 11.8 Å². The van der Waals surface area contributed by atoms with E-state index < -0.39 is 0 Å². The highest BCUT2D eigenvalue weighted by Crippen LogP contribution is 2.35. The molecule has 1 amide bonds. The van der Waals surface area contributed by atoms with Gasteiger partial charge in [-0.3, -0.25) is 4.79 Å². The summed E-state index contributed by atoms with van der Waals surface area (Å²) in [5, 5.41) is 2.98. The van der Waals surface area contributed by atoms with E-state index in [1.165, 1.54) is 12.8 Å². The lowest BCUT2D eigenvalue weighted by Crippen LogP contribution is -2.28. The average molecular weight is 198 g/mol. The van der Waals surface area contributed by atoms with E-state index in [-0.39, 0.29) is 5.91 Å². The van der Waals surface area contributed by atoms with Crippen LogP contribution in [0.25, 0.3) is 0 Å². The van der Waals surface area contributed by atoms with Gasteiger partial charge < -0.3 is 11.1 Å². The predicted octanol–water partition coefficient (Wildman–Crippen LogP) is 1.28. The molecule has 0 saturated heterocycles. The Balaban J connectivity index is 1.96. The van der Waals surface area contributed by atoms with Crippen LogP contribution >= 0.6 is 0 Å². The summed E-state index contributed by atoms with van der Waals surface area (Å²) in [6.07, 6.45) is 5.20. The number of hydrogen-bond acceptors (Lipinski definition) is 2. The molecule has 1 aliphatic carbocycles. The number of carbonyl (C=O) groups excluding carboxylic acids is 1. The fourth-order valence-electron chi connectivity index (χ4n) is 1.63. The number of amides is 1. The normalized spacial score (nSPS) is 17.9. The number of rotatable bonds is 7. The third-order valence-electron chi connectivity index (χ3n) is 2.91. The Morgan fingerprint density at radius 3 is 2.79 bits per heavy atom. The molecule has 1 aliphatic rings. The minimum Gasteiger partial charge on any atom is -0.356 e. The van der Waals surface area contributed by atoms with Crippen LogP contribution in [0.4, 0.5) is 0 Å². The van der Waals surface area contributed by atoms with Crippen molar-refractivity contribution in [3.63, 3.8) is 0 Å². The van der Waals surface area contributed by atoms with Crippen LogP contribution in [0.3, 0.4) is 0 Å². The molecular formula is C11H22N2O. The summed E-state index contributed by atoms with van der Waals surface area (Å²) in [6, 6.07) is 0. The molecule has 14 heavy (non-hydrogen) atoms. The van der Waals surface area contributed by atoms with Crippen LogP contribution in [-0.4, -0.2) is 19.0 Å². The van der Waals surface area contributed by atoms with Crippen LogP contribution in [0.15, 0.2) is 0 Å². The maximum absolute atomic E-state index is 11.3. The monoisotopic (exact) mass is 198 g/mol. The maximum atomic E-state index is 11.3. The molecule has 3 nitrogen and oxygen atoms in total. The van der Waals surface area contributed by atoms with E-state index in [4.69, 9.17) is 5.73 Å². The van der Waals surface area contributed by atoms with Crippen molar-refractivity contribution >= 4 is 5.91 Å². The standard InChI is InChI=1S/C11H22N2O/c1-9(10-5-6-10)8-13-11(14)4-2-3-7-12/h9-10H,2-8,12H2,1H3,(H,13,14). The van der Waals surface area contributed by atoms with Crippen LogP contribution in [0.2, 0.25) is 0 Å². The minimum absolute atomic E-state index is 0.186. The molecule has 1 atom stereocenters. The van der Waals surface area contributed by atoms with Crippen LogP contribution in [0.1, 0.15) is 39.0 Å². The van der Waals surface area contributed by atoms with Crippen molar-refractivity contribution in [3.05, 3.63) is 0 Å². The predicted molar refractivity (Wildman–Crippen MR) is 57.8 cm³/mol. The molecule has 1 fully saturated rings. The van der Waals surface area contributed by atoms with E-state index in [0.717, 1.165) is 25.3 Å². The molecule has 0 spiro atoms. The molecule has 0 aromatic rings. The zero-order chi connectivity index (χ0) is 10.4. The summed E-state index contributed by atoms with van der Waals surface area (Å²) in [7, 11) is 0. The van der Waals surface area contributed by atoms with Gasteiger partial charge in [-0.1, -0.05) is 6.92 Å². The minimum atomic E-state index is 0.186. The molecule has 1 rings (SSSR count). The topological polar surface area (TPSA) is 55.1 Å². The largest absolute Gasteiger partial charge is 0.356 e. The van der Waals surface area contributed by atoms with E-state index in [1.807, 2.05) is 0 Å². The zero-order valence-electron chi connectivity index (χ0n) is 9.09. The summed E-state index contributed by atoms with van der Waals surface area (Å²) in [4.78, 5) is 11.3. The van der Waals surface area contributed by atoms with Gasteiger partial charge >= 0.3 is 0 Å². The van der Waals surface area contributed by atoms with Crippen LogP contribution < -0.4 is 11.1 Å². The van der Waals surface area contributed by atoms with Gasteiger partial charge in [0.15, 0.2) is 0 Å². The fraction of sp³-hybridized carbons (Fsp3) is 0.909. The van der Waals surface area contributed by atoms with Crippen LogP contribution in [0.5, 0.6) is 0 Å². The Morgan fingerprint density at radius 2 is 2.21 bits per heavy atom. The summed E-state index contributed by atoms with van der Waals surface area (Å²) in [5.41, 5.74) is 5.35. The van der Waals surface area contributed by atoms with Gasteiger partial charge in [-0.15, -0.1) is 0 Å². The molecule has 82 valence electrons. The van der Waals surface area contributed by atoms with E-state index in [0.29, 0.717) is 18.9 Å². The lowest BCUT2D eigenvalue weighted by atomic mass is 10.1. The van der Waals surface area contributed by atoms with Crippen molar-refractivity contribution in [2.75, 3.05) is 13.1 Å². The van der Waals surface area contributed by atoms with Gasteiger partial charge in [0.25, 0.3) is 0 Å². The maximum Gasteiger partial charge on any atom is 0.220 e. The van der Waals surface area contributed by atoms with Crippen molar-refractivity contribution in [1.29, 1.82) is 0 Å². The second kappa shape index (κ2) is 6.02. The molecule has 1 saturated carbocycles. The quantitative estimate of drug-likeness (QED) is 0.605. The lowest BCUT2D eigenvalue weighted by Gasteiger charge is -2.11. The number of unbranched alkanes of at least 4 members (excludes halogenated alkanes) is 1. The van der Waals surface area contributed by atoms with Crippen molar-refractivity contribution in [2.45, 2.75) is 39.0 Å². The molecular weight excluding hydrogens is 176 g/mol. The van der Waals surface area contributed by atoms with Gasteiger partial charge in [0.1, 0.15) is 0 Å². The first-order chi connectivity index (χ1) is 6.74. The molecule has 0 aliphatic heterocycles. The third-order valence-corrected chi connectivity index (χ3v) is 2.91. The summed E-state index contributed by atoms with van der Waals surface area (Å²) in [5.74, 6) is 1.72. The van der Waals surface area contributed by atoms with Crippen molar-refractivity contribution in [2.24, 2.45) is 17.6 Å². The van der Waals surface area contributed by atoms with Crippen molar-refractivity contribution in [3.8, 4) is 0 Å². The Bertz CT molecular complexity index is 178. The smallest absolute Gasteiger partial charge is 0.220 e. The highest BCUT2D eigenvalue weighted by atomic mass is 16.1. The van der Waals surface area contributed by atoms with Crippen LogP contribution in [-0.2, 0) is 4.79 Å². The van der Waals surface area contributed by atoms with Crippen molar-refractivity contribution < 1.29 is 4.79 Å². The number of carbonyl (C=O) groups is 1. The highest BCUT2D eigenvalue weighted by Gasteiger charge is 2.27. The number of nitrogens with two attached hydrogens (primary N) is 1. The fourth-order valence-corrected chi connectivity index (χ4v) is 1.63. The lowest BCUT2D eigenvalue weighted by molar-refractivity contribution is -0.121. The van der Waals surface area contributed by atoms with Gasteiger partial charge in [-0.25, -0.2) is 0 Å². The summed E-state index contributed by atoms with van der Waals surface area (Å²) < 4.78 is 0. The second-order valence-electron chi connectivity index (χ2n) is 4.36. The van der Waals surface area contributed by atoms with Crippen molar-refractivity contribution in [1.82, 2.24) is 5.32 Å². The molecule has 3 heteroatoms. The SMILES string of the molecule is CC(CNC(=O)CCCCN)C1CC1. The Kier molecular flexibility index (Phi) is 4.94. The first-order valence-corrected chi connectivity index (χ1v) is 5.70. The Labute approximate surface area is 86.4 Å². The summed E-state index contributed by atoms with van der Waals surface area (Å²) >= 11 is 0. The van der Waals surface area contributed by atoms with E-state index in [1.54, 1.807) is 0 Å². The average Bonchev–Trinajstić information content (AvgIpc) is 2.98. The number of nitrogens with one attached hydrogen (secondary N) is 1. The van der Waals surface area contributed by atoms with E-state index in [9.17, 15) is 4.79 Å². The Morgan fingerprint density at radius 1 is 1.50 bits per heavy atom. The van der Waals surface area contributed by atoms with Gasteiger partial charge in [0.05, 0.1) is 0 Å². The molecule has 0 radical (unpaired) electrons. The third kappa shape index (κ3) is 4.61. The molecule has 3 N–H and O–H groups in total. The summed E-state index contributed by atoms with van der Waals surface area (Å²) in [6.45, 7) is 3.76. The van der Waals surface area contributed by atoms with E-state index in [2.05, 4.69) is 12.2 Å². The first kappa shape index (κ1) is 11.5. The zero-order valence-corrected chi connectivity index (χ0v) is 9.09. The van der Waals surface area contributed by atoms with Gasteiger partial charge in [-0.05, 0) is 44.1 Å². The van der Waals surface area contributed by atoms with Gasteiger partial charge in [0, 0.05) is 13.0 Å². The molecule has 0 heterocycles. The van der Waals surface area contributed by atoms with Gasteiger partial charge in [-0.2, -0.15) is 0 Å². The highest BCUT2D eigenvalue weighted by molar-refractivity contribution is 5.75. The van der Waals surface area contributed by atoms with E-state index >= 15 is 0 Å². The second-order valence-corrected chi connectivity index (χ2v) is 4.36. The Hall–Kier alpha value is -0.570. The first-order valence-electron chi connectivity index (χ1n) is 5.70. The van der Waals surface area contributed by atoms with Gasteiger partial charge in [0.2, 0.25) is 5.91 Å².